The second-order valence-corrected chi connectivity index (χ2v) is 14.3. The van der Waals surface area contributed by atoms with Crippen molar-refractivity contribution < 1.29 is 17.0 Å². The number of alkyl halides is 2. The van der Waals surface area contributed by atoms with E-state index in [1.807, 2.05) is 18.2 Å². The van der Waals surface area contributed by atoms with Crippen LogP contribution in [0.25, 0.3) is 0 Å². The van der Waals surface area contributed by atoms with Gasteiger partial charge in [0.05, 0.1) is 5.34 Å². The largest absolute Gasteiger partial charge is 1.00 e. The molecule has 4 N–H and O–H groups in total. The lowest BCUT2D eigenvalue weighted by Gasteiger charge is -2.28. The molecule has 5 nitrogen and oxygen atoms in total. The van der Waals surface area contributed by atoms with E-state index in [-0.39, 0.29) is 39.4 Å². The Morgan fingerprint density at radius 2 is 0.682 bits per heavy atom. The number of nitrogens with one attached hydrogen (secondary N) is 4. The number of hydrogen-bond acceptors (Lipinski definition) is 0. The maximum atomic E-state index is 4.76. The zero-order valence-electron chi connectivity index (χ0n) is 27.5. The Kier molecular flexibility index (Phi) is 11.0. The van der Waals surface area contributed by atoms with Gasteiger partial charge in [-0.3, -0.25) is 0 Å². The minimum atomic E-state index is -0.163. The van der Waals surface area contributed by atoms with E-state index < -0.39 is 0 Å². The van der Waals surface area contributed by atoms with Gasteiger partial charge in [0.1, 0.15) is 6.54 Å². The first-order valence-electron chi connectivity index (χ1n) is 15.1. The van der Waals surface area contributed by atoms with Crippen molar-refractivity contribution in [2.45, 2.75) is 90.5 Å². The summed E-state index contributed by atoms with van der Waals surface area (Å²) in [7, 11) is 0. The van der Waals surface area contributed by atoms with E-state index in [4.69, 9.17) is 23.2 Å². The number of aromatic amines is 4. The van der Waals surface area contributed by atoms with E-state index in [1.54, 1.807) is 0 Å². The van der Waals surface area contributed by atoms with Crippen molar-refractivity contribution in [2.24, 2.45) is 0 Å². The Labute approximate surface area is 279 Å². The van der Waals surface area contributed by atoms with Gasteiger partial charge in [-0.15, -0.1) is 23.2 Å². The van der Waals surface area contributed by atoms with E-state index in [0.29, 0.717) is 0 Å². The molecule has 0 amide bonds. The van der Waals surface area contributed by atoms with E-state index in [1.165, 1.54) is 45.6 Å². The highest BCUT2D eigenvalue weighted by Crippen LogP contribution is 2.40. The van der Waals surface area contributed by atoms with Crippen LogP contribution >= 0.6 is 23.2 Å². The molecule has 8 bridgehead atoms. The maximum Gasteiger partial charge on any atom is 0.168 e. The number of halogens is 3. The molecule has 0 aliphatic carbocycles. The Balaban J connectivity index is 0.000000376. The molecule has 6 rings (SSSR count). The summed E-state index contributed by atoms with van der Waals surface area (Å²) < 4.78 is 2.12. The van der Waals surface area contributed by atoms with Crippen LogP contribution in [0, 0.1) is 0 Å². The summed E-state index contributed by atoms with van der Waals surface area (Å²) in [6, 6.07) is 24.0. The highest BCUT2D eigenvalue weighted by Gasteiger charge is 2.36. The van der Waals surface area contributed by atoms with Crippen LogP contribution in [0.3, 0.4) is 0 Å². The van der Waals surface area contributed by atoms with Crippen LogP contribution in [0.2, 0.25) is 0 Å². The zero-order valence-corrected chi connectivity index (χ0v) is 29.8. The summed E-state index contributed by atoms with van der Waals surface area (Å²) in [6.45, 7) is 21.4. The lowest BCUT2D eigenvalue weighted by atomic mass is 9.85. The van der Waals surface area contributed by atoms with Crippen LogP contribution in [0.15, 0.2) is 79.1 Å². The van der Waals surface area contributed by atoms with Gasteiger partial charge in [0.25, 0.3) is 0 Å². The molecule has 0 fully saturated rings. The lowest BCUT2D eigenvalue weighted by molar-refractivity contribution is -0.693. The SMILES string of the molecule is CC1(C)c2ccc([nH]2)C(C)(C)c2ccc([nH]2)C(C)(C)c2ccc([nH]2)C(C)(C)c2ccc1[nH]2.CC[n+]1ccccc1.ClCCl.[Cl-]. The third-order valence-electron chi connectivity index (χ3n) is 9.27. The molecule has 0 unspecified atom stereocenters. The van der Waals surface area contributed by atoms with Gasteiger partial charge in [-0.25, -0.2) is 4.57 Å². The number of fused-ring (bicyclic) bond motifs is 8. The van der Waals surface area contributed by atoms with Crippen molar-refractivity contribution >= 4 is 23.2 Å². The Morgan fingerprint density at radius 3 is 0.841 bits per heavy atom. The summed E-state index contributed by atoms with van der Waals surface area (Å²) in [5, 5.41) is 0.194. The Hall–Kier alpha value is -2.86. The number of rotatable bonds is 1. The molecule has 5 aromatic heterocycles. The fraction of sp³-hybridized carbons (Fsp3) is 0.417. The fourth-order valence-electron chi connectivity index (χ4n) is 5.72. The second-order valence-electron chi connectivity index (χ2n) is 13.4. The Morgan fingerprint density at radius 1 is 0.477 bits per heavy atom. The summed E-state index contributed by atoms with van der Waals surface area (Å²) in [5.74, 6) is 0. The highest BCUT2D eigenvalue weighted by molar-refractivity contribution is 6.40. The number of aryl methyl sites for hydroxylation is 1. The molecule has 0 saturated carbocycles. The first kappa shape index (κ1) is 35.6. The minimum Gasteiger partial charge on any atom is -1.00 e. The number of pyridine rings is 1. The minimum absolute atomic E-state index is 0. The van der Waals surface area contributed by atoms with E-state index in [2.05, 4.69) is 148 Å². The summed E-state index contributed by atoms with van der Waals surface area (Å²) in [6.07, 6.45) is 4.11. The van der Waals surface area contributed by atoms with E-state index in [9.17, 15) is 0 Å². The predicted molar refractivity (Wildman–Crippen MR) is 181 cm³/mol. The second kappa shape index (κ2) is 13.6. The molecule has 0 spiro atoms. The Bertz CT molecular complexity index is 1330. The molecule has 0 aromatic carbocycles. The molecule has 8 heteroatoms. The van der Waals surface area contributed by atoms with Crippen molar-refractivity contribution in [1.82, 2.24) is 19.9 Å². The standard InChI is InChI=1S/C28H36N4.C7H10N.CH2Cl2.ClH/c1-25(2)17-9-11-19(29-17)26(3,4)21-13-15-23(31-21)28(7,8)24-16-14-22(32-24)27(5,6)20-12-10-18(25)30-20;1-2-8-6-4-3-5-7-8;2-1-3;/h9-16,29-32H,1-8H3;3-7H,2H2,1H3;1H2;1H/q;+1;;/p-1. The average molecular weight is 657 g/mol. The number of H-pyrrole nitrogens is 4. The fourth-order valence-corrected chi connectivity index (χ4v) is 5.72. The van der Waals surface area contributed by atoms with Gasteiger partial charge in [0.2, 0.25) is 0 Å². The normalized spacial score (nSPS) is 16.8. The number of aromatic nitrogens is 5. The molecule has 44 heavy (non-hydrogen) atoms. The smallest absolute Gasteiger partial charge is 0.168 e. The molecule has 0 atom stereocenters. The molecule has 0 radical (unpaired) electrons. The van der Waals surface area contributed by atoms with Crippen molar-refractivity contribution in [1.29, 1.82) is 0 Å². The molecule has 5 aromatic rings. The molecule has 238 valence electrons. The van der Waals surface area contributed by atoms with Crippen LogP contribution in [0.1, 0.15) is 108 Å². The quantitative estimate of drug-likeness (QED) is 0.126. The first-order chi connectivity index (χ1) is 20.2. The van der Waals surface area contributed by atoms with Gasteiger partial charge in [-0.2, -0.15) is 0 Å². The van der Waals surface area contributed by atoms with E-state index >= 15 is 0 Å². The van der Waals surface area contributed by atoms with Gasteiger partial charge in [0, 0.05) is 79.3 Å². The molecular weight excluding hydrogens is 609 g/mol. The van der Waals surface area contributed by atoms with Gasteiger partial charge in [-0.1, -0.05) is 6.07 Å². The molecule has 1 aliphatic rings. The third-order valence-corrected chi connectivity index (χ3v) is 9.27. The highest BCUT2D eigenvalue weighted by atomic mass is 35.5. The molecule has 0 saturated heterocycles. The van der Waals surface area contributed by atoms with Crippen LogP contribution in [-0.2, 0) is 28.2 Å². The number of nitrogens with zero attached hydrogens (tertiary/aromatic N) is 1. The van der Waals surface area contributed by atoms with Crippen molar-refractivity contribution in [3.05, 3.63) is 125 Å². The van der Waals surface area contributed by atoms with Gasteiger partial charge < -0.3 is 32.3 Å². The van der Waals surface area contributed by atoms with Crippen molar-refractivity contribution in [3.63, 3.8) is 0 Å². The third kappa shape index (κ3) is 6.85. The van der Waals surface area contributed by atoms with Crippen LogP contribution in [-0.4, -0.2) is 25.3 Å². The summed E-state index contributed by atoms with van der Waals surface area (Å²) >= 11 is 9.53. The summed E-state index contributed by atoms with van der Waals surface area (Å²) in [5.41, 5.74) is 9.07. The lowest BCUT2D eigenvalue weighted by Crippen LogP contribution is -3.00. The molecule has 1 aliphatic heterocycles. The maximum absolute atomic E-state index is 4.76. The van der Waals surface area contributed by atoms with Crippen molar-refractivity contribution in [2.75, 3.05) is 5.34 Å². The van der Waals surface area contributed by atoms with Crippen molar-refractivity contribution in [3.8, 4) is 0 Å². The van der Waals surface area contributed by atoms with Crippen LogP contribution < -0.4 is 17.0 Å². The van der Waals surface area contributed by atoms with Crippen LogP contribution in [0.5, 0.6) is 0 Å². The molecular formula is C36H48Cl3N5. The van der Waals surface area contributed by atoms with E-state index in [0.717, 1.165) is 6.54 Å². The predicted octanol–water partition coefficient (Wildman–Crippen LogP) is 6.04. The summed E-state index contributed by atoms with van der Waals surface area (Å²) in [4.78, 5) is 15.1. The first-order valence-corrected chi connectivity index (χ1v) is 16.1. The topological polar surface area (TPSA) is 67.0 Å². The van der Waals surface area contributed by atoms with Crippen LogP contribution in [0.4, 0.5) is 0 Å². The van der Waals surface area contributed by atoms with Gasteiger partial charge in [0.15, 0.2) is 12.4 Å². The zero-order chi connectivity index (χ0) is 31.6. The monoisotopic (exact) mass is 655 g/mol. The number of hydrogen-bond donors (Lipinski definition) is 4. The van der Waals surface area contributed by atoms with Gasteiger partial charge >= 0.3 is 0 Å². The molecule has 6 heterocycles. The van der Waals surface area contributed by atoms with Gasteiger partial charge in [-0.05, 0) is 111 Å². The average Bonchev–Trinajstić information content (AvgIpc) is 3.79.